The summed E-state index contributed by atoms with van der Waals surface area (Å²) >= 11 is 0. The van der Waals surface area contributed by atoms with Crippen LogP contribution in [0.4, 0.5) is 0 Å². The number of aromatic nitrogens is 3. The minimum absolute atomic E-state index is 0.120. The smallest absolute Gasteiger partial charge is 0.254 e. The van der Waals surface area contributed by atoms with Crippen LogP contribution in [0.15, 0.2) is 22.7 Å². The van der Waals surface area contributed by atoms with E-state index in [1.54, 1.807) is 30.2 Å². The normalized spacial score (nSPS) is 21.0. The standard InChI is InChI=1S/C17H20N4O4/c1-11-19-20-16(24-11)14-10-23-8-7-21(14)17(22)12-5-6-18-15(9-12)25-13-3-2-4-13/h5-6,9,13-14H,2-4,7-8,10H2,1H3/t14-/m1/s1. The van der Waals surface area contributed by atoms with E-state index in [4.69, 9.17) is 13.9 Å². The summed E-state index contributed by atoms with van der Waals surface area (Å²) in [6.07, 6.45) is 5.09. The molecule has 8 nitrogen and oxygen atoms in total. The van der Waals surface area contributed by atoms with Crippen molar-refractivity contribution in [2.45, 2.75) is 38.3 Å². The van der Waals surface area contributed by atoms with E-state index in [0.717, 1.165) is 12.8 Å². The summed E-state index contributed by atoms with van der Waals surface area (Å²) in [6, 6.07) is 3.01. The zero-order valence-corrected chi connectivity index (χ0v) is 14.1. The number of ether oxygens (including phenoxy) is 2. The monoisotopic (exact) mass is 344 g/mol. The van der Waals surface area contributed by atoms with Crippen LogP contribution in [0.2, 0.25) is 0 Å². The Balaban J connectivity index is 1.54. The number of carbonyl (C=O) groups is 1. The Hall–Kier alpha value is -2.48. The molecule has 1 aliphatic carbocycles. The van der Waals surface area contributed by atoms with Gasteiger partial charge in [0.15, 0.2) is 0 Å². The molecule has 3 heterocycles. The fourth-order valence-corrected chi connectivity index (χ4v) is 2.93. The van der Waals surface area contributed by atoms with Crippen molar-refractivity contribution in [3.8, 4) is 5.88 Å². The third kappa shape index (κ3) is 3.34. The number of pyridine rings is 1. The third-order valence-corrected chi connectivity index (χ3v) is 4.54. The summed E-state index contributed by atoms with van der Waals surface area (Å²) < 4.78 is 16.8. The highest BCUT2D eigenvalue weighted by Crippen LogP contribution is 2.27. The first-order valence-corrected chi connectivity index (χ1v) is 8.52. The summed E-state index contributed by atoms with van der Waals surface area (Å²) in [5.41, 5.74) is 0.535. The number of hydrogen-bond acceptors (Lipinski definition) is 7. The Bertz CT molecular complexity index is 759. The zero-order valence-electron chi connectivity index (χ0n) is 14.1. The first kappa shape index (κ1) is 16.0. The van der Waals surface area contributed by atoms with Gasteiger partial charge < -0.3 is 18.8 Å². The van der Waals surface area contributed by atoms with Crippen LogP contribution in [-0.4, -0.2) is 51.9 Å². The molecule has 0 bridgehead atoms. The first-order valence-electron chi connectivity index (χ1n) is 8.52. The number of aryl methyl sites for hydroxylation is 1. The highest BCUT2D eigenvalue weighted by Gasteiger charge is 2.33. The predicted octanol–water partition coefficient (Wildman–Crippen LogP) is 1.92. The van der Waals surface area contributed by atoms with E-state index in [2.05, 4.69) is 15.2 Å². The summed E-state index contributed by atoms with van der Waals surface area (Å²) in [7, 11) is 0. The van der Waals surface area contributed by atoms with Gasteiger partial charge in [-0.2, -0.15) is 0 Å². The van der Waals surface area contributed by atoms with Crippen molar-refractivity contribution in [1.29, 1.82) is 0 Å². The fraction of sp³-hybridized carbons (Fsp3) is 0.529. The third-order valence-electron chi connectivity index (χ3n) is 4.54. The molecule has 2 aliphatic rings. The van der Waals surface area contributed by atoms with E-state index in [1.165, 1.54) is 6.42 Å². The van der Waals surface area contributed by atoms with Crippen molar-refractivity contribution < 1.29 is 18.7 Å². The van der Waals surface area contributed by atoms with Crippen LogP contribution in [-0.2, 0) is 4.74 Å². The van der Waals surface area contributed by atoms with E-state index in [9.17, 15) is 4.79 Å². The molecule has 2 fully saturated rings. The van der Waals surface area contributed by atoms with Crippen LogP contribution in [0.1, 0.15) is 47.4 Å². The van der Waals surface area contributed by atoms with Crippen molar-refractivity contribution >= 4 is 5.91 Å². The van der Waals surface area contributed by atoms with Gasteiger partial charge in [-0.05, 0) is 25.3 Å². The second-order valence-corrected chi connectivity index (χ2v) is 6.30. The van der Waals surface area contributed by atoms with Crippen LogP contribution >= 0.6 is 0 Å². The molecular weight excluding hydrogens is 324 g/mol. The van der Waals surface area contributed by atoms with Crippen molar-refractivity contribution in [3.05, 3.63) is 35.7 Å². The van der Waals surface area contributed by atoms with Crippen molar-refractivity contribution in [2.24, 2.45) is 0 Å². The van der Waals surface area contributed by atoms with E-state index in [0.29, 0.717) is 43.0 Å². The number of nitrogens with zero attached hydrogens (tertiary/aromatic N) is 4. The molecule has 1 aliphatic heterocycles. The number of hydrogen-bond donors (Lipinski definition) is 0. The number of morpholine rings is 1. The maximum atomic E-state index is 13.0. The Kier molecular flexibility index (Phi) is 4.35. The van der Waals surface area contributed by atoms with Gasteiger partial charge in [0.1, 0.15) is 12.1 Å². The van der Waals surface area contributed by atoms with Crippen LogP contribution in [0.5, 0.6) is 5.88 Å². The summed E-state index contributed by atoms with van der Waals surface area (Å²) in [6.45, 7) is 3.00. The van der Waals surface area contributed by atoms with Gasteiger partial charge in [0.25, 0.3) is 5.91 Å². The van der Waals surface area contributed by atoms with Crippen molar-refractivity contribution in [1.82, 2.24) is 20.1 Å². The van der Waals surface area contributed by atoms with E-state index in [1.807, 2.05) is 0 Å². The Morgan fingerprint density at radius 1 is 1.36 bits per heavy atom. The lowest BCUT2D eigenvalue weighted by Gasteiger charge is -2.33. The first-order chi connectivity index (χ1) is 12.2. The molecule has 1 saturated heterocycles. The summed E-state index contributed by atoms with van der Waals surface area (Å²) in [5.74, 6) is 1.23. The SMILES string of the molecule is Cc1nnc([C@H]2COCCN2C(=O)c2ccnc(OC3CCC3)c2)o1. The molecule has 4 rings (SSSR count). The van der Waals surface area contributed by atoms with Gasteiger partial charge in [-0.15, -0.1) is 10.2 Å². The molecule has 0 N–H and O–H groups in total. The molecule has 25 heavy (non-hydrogen) atoms. The molecule has 132 valence electrons. The van der Waals surface area contributed by atoms with Crippen LogP contribution in [0.25, 0.3) is 0 Å². The van der Waals surface area contributed by atoms with Crippen LogP contribution in [0, 0.1) is 6.92 Å². The Morgan fingerprint density at radius 3 is 2.96 bits per heavy atom. The van der Waals surface area contributed by atoms with E-state index in [-0.39, 0.29) is 18.1 Å². The average Bonchev–Trinajstić information content (AvgIpc) is 3.04. The lowest BCUT2D eigenvalue weighted by molar-refractivity contribution is -0.0106. The molecule has 0 radical (unpaired) electrons. The molecule has 1 saturated carbocycles. The predicted molar refractivity (Wildman–Crippen MR) is 86.1 cm³/mol. The number of rotatable bonds is 4. The molecule has 2 aromatic heterocycles. The highest BCUT2D eigenvalue weighted by molar-refractivity contribution is 5.94. The van der Waals surface area contributed by atoms with Gasteiger partial charge in [-0.25, -0.2) is 4.98 Å². The topological polar surface area (TPSA) is 90.6 Å². The lowest BCUT2D eigenvalue weighted by Crippen LogP contribution is -2.43. The second-order valence-electron chi connectivity index (χ2n) is 6.30. The van der Waals surface area contributed by atoms with Gasteiger partial charge in [0.2, 0.25) is 17.7 Å². The van der Waals surface area contributed by atoms with Gasteiger partial charge in [-0.3, -0.25) is 4.79 Å². The lowest BCUT2D eigenvalue weighted by atomic mass is 9.96. The Morgan fingerprint density at radius 2 is 2.24 bits per heavy atom. The number of amides is 1. The molecule has 1 amide bonds. The fourth-order valence-electron chi connectivity index (χ4n) is 2.93. The van der Waals surface area contributed by atoms with Crippen LogP contribution < -0.4 is 4.74 Å². The Labute approximate surface area is 145 Å². The minimum atomic E-state index is -0.383. The highest BCUT2D eigenvalue weighted by atomic mass is 16.5. The molecule has 0 aromatic carbocycles. The van der Waals surface area contributed by atoms with Crippen LogP contribution in [0.3, 0.4) is 0 Å². The molecule has 1 atom stereocenters. The summed E-state index contributed by atoms with van der Waals surface area (Å²) in [4.78, 5) is 18.9. The maximum Gasteiger partial charge on any atom is 0.254 e. The molecular formula is C17H20N4O4. The number of carbonyl (C=O) groups excluding carboxylic acids is 1. The quantitative estimate of drug-likeness (QED) is 0.837. The maximum absolute atomic E-state index is 13.0. The summed E-state index contributed by atoms with van der Waals surface area (Å²) in [5, 5.41) is 7.89. The van der Waals surface area contributed by atoms with Gasteiger partial charge in [0.05, 0.1) is 13.2 Å². The molecule has 2 aromatic rings. The van der Waals surface area contributed by atoms with Gasteiger partial charge in [0, 0.05) is 31.3 Å². The van der Waals surface area contributed by atoms with E-state index >= 15 is 0 Å². The van der Waals surface area contributed by atoms with Crippen molar-refractivity contribution in [2.75, 3.05) is 19.8 Å². The van der Waals surface area contributed by atoms with Gasteiger partial charge >= 0.3 is 0 Å². The average molecular weight is 344 g/mol. The largest absolute Gasteiger partial charge is 0.474 e. The second kappa shape index (κ2) is 6.79. The molecule has 8 heteroatoms. The van der Waals surface area contributed by atoms with Crippen molar-refractivity contribution in [3.63, 3.8) is 0 Å². The molecule has 0 spiro atoms. The zero-order chi connectivity index (χ0) is 17.2. The minimum Gasteiger partial charge on any atom is -0.474 e. The molecule has 0 unspecified atom stereocenters. The van der Waals surface area contributed by atoms with Gasteiger partial charge in [-0.1, -0.05) is 0 Å². The van der Waals surface area contributed by atoms with E-state index < -0.39 is 0 Å².